The number of aliphatic hydroxyl groups is 2. The van der Waals surface area contributed by atoms with E-state index in [2.05, 4.69) is 203 Å². The number of carbonyl (C=O) groups is 4. The van der Waals surface area contributed by atoms with Crippen molar-refractivity contribution < 1.29 is 47.4 Å². The summed E-state index contributed by atoms with van der Waals surface area (Å²) in [5.41, 5.74) is 21.7. The minimum absolute atomic E-state index is 0.0483. The zero-order chi connectivity index (χ0) is 54.9. The molecule has 5 aromatic carbocycles. The smallest absolute Gasteiger partial charge is 0.261 e. The van der Waals surface area contributed by atoms with Crippen LogP contribution in [0.15, 0.2) is 121 Å². The van der Waals surface area contributed by atoms with Crippen LogP contribution >= 0.6 is 154 Å². The van der Waals surface area contributed by atoms with Crippen LogP contribution in [0, 0.1) is 11.8 Å². The van der Waals surface area contributed by atoms with Gasteiger partial charge in [0.2, 0.25) is 0 Å². The van der Waals surface area contributed by atoms with Crippen LogP contribution in [0.3, 0.4) is 0 Å². The van der Waals surface area contributed by atoms with E-state index in [4.69, 9.17) is 16.2 Å². The van der Waals surface area contributed by atoms with E-state index in [1.807, 2.05) is 0 Å². The second kappa shape index (κ2) is 35.0. The van der Waals surface area contributed by atoms with Crippen molar-refractivity contribution in [3.63, 3.8) is 0 Å². The normalized spacial score (nSPS) is 18.1. The average Bonchev–Trinajstić information content (AvgIpc) is 3.65. The number of rotatable bonds is 13. The first-order valence-electron chi connectivity index (χ1n) is 24.4. The molecule has 76 heavy (non-hydrogen) atoms. The number of imide groups is 2. The molecule has 4 amide bonds. The van der Waals surface area contributed by atoms with Crippen LogP contribution in [0.5, 0.6) is 0 Å². The van der Waals surface area contributed by atoms with E-state index in [-0.39, 0.29) is 66.1 Å². The number of carbonyl (C=O) groups excluding carboxylic acids is 4. The Balaban J connectivity index is 0.000000160. The second-order valence-electron chi connectivity index (χ2n) is 18.7. The van der Waals surface area contributed by atoms with E-state index < -0.39 is 6.10 Å². The molecule has 6 N–H and O–H groups in total. The Hall–Kier alpha value is 2.21. The first kappa shape index (κ1) is 67.3. The van der Waals surface area contributed by atoms with Gasteiger partial charge in [-0.25, -0.2) is 0 Å². The van der Waals surface area contributed by atoms with Crippen LogP contribution in [0.4, 0.5) is 0 Å². The van der Waals surface area contributed by atoms with Crippen LogP contribution < -0.4 is 24.7 Å². The number of benzene rings is 5. The quantitative estimate of drug-likeness (QED) is 0.0507. The van der Waals surface area contributed by atoms with E-state index in [0.29, 0.717) is 79.5 Å². The molecular formula is C54H60I11N4O7-. The summed E-state index contributed by atoms with van der Waals surface area (Å²) in [6.07, 6.45) is 9.08. The molecule has 3 aliphatic heterocycles. The Bertz CT molecular complexity index is 2570. The molecule has 0 spiro atoms. The van der Waals surface area contributed by atoms with Crippen molar-refractivity contribution >= 4 is 178 Å². The number of ether oxygens (including phenoxy) is 1. The molecule has 0 saturated carbocycles. The van der Waals surface area contributed by atoms with Gasteiger partial charge in [0.15, 0.2) is 0 Å². The first-order valence-corrected chi connectivity index (χ1v) is 81.0. The molecule has 22 heteroatoms. The van der Waals surface area contributed by atoms with Gasteiger partial charge in [0.05, 0.1) is 60.3 Å². The molecule has 5 aromatic rings. The fourth-order valence-corrected chi connectivity index (χ4v) is 9.76. The largest absolute Gasteiger partial charge is 0.392 e. The van der Waals surface area contributed by atoms with Crippen molar-refractivity contribution in [2.75, 3.05) is 26.2 Å². The Morgan fingerprint density at radius 3 is 1.14 bits per heavy atom. The van der Waals surface area contributed by atoms with Crippen LogP contribution in [0.2, 0.25) is 0 Å². The van der Waals surface area contributed by atoms with E-state index in [0.717, 1.165) is 44.9 Å². The van der Waals surface area contributed by atoms with Gasteiger partial charge in [0, 0.05) is 12.6 Å². The number of hydrogen-bond acceptors (Lipinski definition) is 9. The van der Waals surface area contributed by atoms with Crippen LogP contribution in [0.25, 0.3) is 0 Å². The molecular weight excluding hydrogens is 2210 g/mol. The molecule has 3 heterocycles. The molecule has 11 nitrogen and oxygen atoms in total. The Morgan fingerprint density at radius 1 is 0.539 bits per heavy atom. The molecule has 0 bridgehead atoms. The SMILES string of the molecule is II(I)I(I)I.I[I-]I(I)I.NC1Cc2ccccc2C1.NC[C@@H](O)CCC1Cc2ccccc2C1.O=C1c2ccccc2C(=O)N1C[C@@H](O)CCC1Cc2ccccc2C1.O=C1c2ccccc2C(=O)N1C[C@@H]1CO1. The van der Waals surface area contributed by atoms with Gasteiger partial charge in [-0.2, -0.15) is 0 Å². The van der Waals surface area contributed by atoms with Gasteiger partial charge >= 0.3 is 167 Å². The standard InChI is InChI=1S/C21H21NO3.C13H19NO.C11H9NO3.C9H11N.I6.I5/c23-17(10-9-14-11-15-5-1-2-6-16(15)12-14)13-22-20(24)18-7-3-4-8-19(18)21(22)25;14-9-13(15)6-5-10-7-11-3-1-2-4-12(11)8-10;13-10-8-3-1-2-4-9(8)11(14)12(10)5-7-6-15-7;10-9-5-7-3-1-2-4-8(7)6-9;1-5(2)6(3)4;1-4-5(2)3/h1-8,14,17,23H,9-13H2;1-4,10,13,15H,5-9,14H2;1-4,7H,5-6H2;1-4,9H,5-6,10H2;;/q;;;;;-1/t17-;13-;7-;;;/m001.../s1. The van der Waals surface area contributed by atoms with Crippen LogP contribution in [-0.4, -0.2) is 94.2 Å². The predicted molar refractivity (Wildman–Crippen MR) is 390 cm³/mol. The number of amides is 4. The fraction of sp³-hybridized carbons (Fsp3) is 0.370. The van der Waals surface area contributed by atoms with E-state index in [1.54, 1.807) is 48.5 Å². The fourth-order valence-electron chi connectivity index (χ4n) is 9.76. The van der Waals surface area contributed by atoms with E-state index in [1.165, 1.54) is 56.0 Å². The molecule has 11 rings (SSSR count). The topological polar surface area (TPSA) is 180 Å². The van der Waals surface area contributed by atoms with Gasteiger partial charge in [-0.3, -0.25) is 29.0 Å². The van der Waals surface area contributed by atoms with E-state index >= 15 is 0 Å². The third-order valence-corrected chi connectivity index (χ3v) is 261. The van der Waals surface area contributed by atoms with Gasteiger partial charge < -0.3 is 26.4 Å². The Kier molecular flexibility index (Phi) is 31.0. The van der Waals surface area contributed by atoms with Gasteiger partial charge in [-0.05, 0) is 134 Å². The molecule has 0 radical (unpaired) electrons. The molecule has 0 aromatic heterocycles. The summed E-state index contributed by atoms with van der Waals surface area (Å²) < 4.78 is 5.02. The second-order valence-corrected chi connectivity index (χ2v) is 181. The summed E-state index contributed by atoms with van der Waals surface area (Å²) in [6, 6.07) is 39.7. The number of fused-ring (bicyclic) bond motifs is 5. The maximum atomic E-state index is 12.3. The number of aliphatic hydroxyl groups excluding tert-OH is 2. The number of epoxide rings is 1. The summed E-state index contributed by atoms with van der Waals surface area (Å²) in [5.74, 6) is 0.246. The first-order chi connectivity index (χ1) is 36.5. The summed E-state index contributed by atoms with van der Waals surface area (Å²) in [4.78, 5) is 50.8. The zero-order valence-electron chi connectivity index (χ0n) is 41.1. The predicted octanol–water partition coefficient (Wildman–Crippen LogP) is 12.0. The number of β-amino-alcohol motifs (C(OH)–C–C–N with tert-alkyl or cyclic N) is 1. The summed E-state index contributed by atoms with van der Waals surface area (Å²) in [5, 5.41) is 19.8. The van der Waals surface area contributed by atoms with Crippen molar-refractivity contribution in [2.45, 2.75) is 88.6 Å². The van der Waals surface area contributed by atoms with Gasteiger partial charge in [0.1, 0.15) is 0 Å². The van der Waals surface area contributed by atoms with Gasteiger partial charge in [-0.1, -0.05) is 97.1 Å². The molecule has 6 aliphatic rings. The number of halogens is 11. The van der Waals surface area contributed by atoms with Gasteiger partial charge in [0.25, 0.3) is 23.6 Å². The maximum absolute atomic E-state index is 12.3. The summed E-state index contributed by atoms with van der Waals surface area (Å²) >= 11 is 18.9. The molecule has 0 unspecified atom stereocenters. The van der Waals surface area contributed by atoms with Crippen molar-refractivity contribution in [1.29, 1.82) is 0 Å². The molecule has 3 aliphatic carbocycles. The van der Waals surface area contributed by atoms with Crippen molar-refractivity contribution in [2.24, 2.45) is 23.3 Å². The van der Waals surface area contributed by atoms with Gasteiger partial charge in [-0.15, -0.1) is 0 Å². The van der Waals surface area contributed by atoms with Crippen LogP contribution in [-0.2, 0) is 43.3 Å². The zero-order valence-corrected chi connectivity index (χ0v) is 64.8. The Labute approximate surface area is 539 Å². The minimum Gasteiger partial charge on any atom is -0.392 e. The molecule has 416 valence electrons. The summed E-state index contributed by atoms with van der Waals surface area (Å²) in [7, 11) is -0.874. The molecule has 1 saturated heterocycles. The third-order valence-electron chi connectivity index (χ3n) is 13.5. The minimum atomic E-state index is -0.675. The Morgan fingerprint density at radius 2 is 0.842 bits per heavy atom. The number of nitrogens with two attached hydrogens (primary N) is 2. The third kappa shape index (κ3) is 21.3. The number of nitrogens with zero attached hydrogens (tertiary/aromatic N) is 2. The van der Waals surface area contributed by atoms with Crippen molar-refractivity contribution in [3.8, 4) is 0 Å². The van der Waals surface area contributed by atoms with Crippen LogP contribution in [0.1, 0.15) is 100 Å². The summed E-state index contributed by atoms with van der Waals surface area (Å²) in [6.45, 7) is 1.49. The average molecular weight is 2270 g/mol. The number of hydrogen-bond donors (Lipinski definition) is 4. The van der Waals surface area contributed by atoms with Crippen molar-refractivity contribution in [3.05, 3.63) is 177 Å². The monoisotopic (exact) mass is 2270 g/mol. The van der Waals surface area contributed by atoms with E-state index in [9.17, 15) is 29.4 Å². The molecule has 3 atom stereocenters. The maximum Gasteiger partial charge on any atom is 0.261 e. The molecule has 1 fully saturated rings. The van der Waals surface area contributed by atoms with Crippen molar-refractivity contribution in [1.82, 2.24) is 9.80 Å².